The van der Waals surface area contributed by atoms with E-state index < -0.39 is 0 Å². The molecule has 0 atom stereocenters. The molecule has 0 saturated heterocycles. The first kappa shape index (κ1) is 16.5. The molecule has 2 aromatic carbocycles. The van der Waals surface area contributed by atoms with Crippen molar-refractivity contribution in [3.05, 3.63) is 65.0 Å². The van der Waals surface area contributed by atoms with Gasteiger partial charge < -0.3 is 15.4 Å². The maximum Gasteiger partial charge on any atom is 0.265 e. The highest BCUT2D eigenvalue weighted by Gasteiger charge is 2.18. The second kappa shape index (κ2) is 7.95. The molecule has 0 bridgehead atoms. The Balaban J connectivity index is 1.54. The van der Waals surface area contributed by atoms with Crippen LogP contribution in [0.4, 0.5) is 0 Å². The molecular formula is C19H20N2O2S. The maximum absolute atomic E-state index is 12.4. The number of amides is 1. The van der Waals surface area contributed by atoms with Crippen LogP contribution in [0.15, 0.2) is 54.6 Å². The van der Waals surface area contributed by atoms with Gasteiger partial charge in [-0.3, -0.25) is 4.79 Å². The van der Waals surface area contributed by atoms with E-state index >= 15 is 0 Å². The summed E-state index contributed by atoms with van der Waals surface area (Å²) < 4.78 is 6.50. The summed E-state index contributed by atoms with van der Waals surface area (Å²) in [6.07, 6.45) is 0. The van der Waals surface area contributed by atoms with Crippen molar-refractivity contribution in [3.63, 3.8) is 0 Å². The normalized spacial score (nSPS) is 10.7. The van der Waals surface area contributed by atoms with Crippen molar-refractivity contribution in [2.75, 3.05) is 20.2 Å². The van der Waals surface area contributed by atoms with E-state index in [2.05, 4.69) is 22.8 Å². The Labute approximate surface area is 145 Å². The Morgan fingerprint density at radius 3 is 2.58 bits per heavy atom. The van der Waals surface area contributed by atoms with Crippen LogP contribution in [0.2, 0.25) is 0 Å². The minimum atomic E-state index is -0.0884. The molecular weight excluding hydrogens is 320 g/mol. The van der Waals surface area contributed by atoms with Gasteiger partial charge in [0, 0.05) is 29.7 Å². The lowest BCUT2D eigenvalue weighted by Gasteiger charge is -2.07. The molecule has 3 aromatic rings. The number of benzene rings is 2. The average Bonchev–Trinajstić information content (AvgIpc) is 3.01. The van der Waals surface area contributed by atoms with Gasteiger partial charge in [-0.15, -0.1) is 11.3 Å². The molecule has 0 spiro atoms. The van der Waals surface area contributed by atoms with Crippen molar-refractivity contribution in [1.82, 2.24) is 10.6 Å². The van der Waals surface area contributed by atoms with Crippen LogP contribution in [-0.2, 0) is 6.54 Å². The lowest BCUT2D eigenvalue weighted by Crippen LogP contribution is -2.31. The number of carbonyl (C=O) groups excluding carboxylic acids is 1. The van der Waals surface area contributed by atoms with Gasteiger partial charge in [-0.1, -0.05) is 42.5 Å². The van der Waals surface area contributed by atoms with E-state index in [4.69, 9.17) is 4.74 Å². The van der Waals surface area contributed by atoms with Crippen molar-refractivity contribution >= 4 is 27.3 Å². The molecule has 1 aromatic heterocycles. The van der Waals surface area contributed by atoms with Crippen LogP contribution < -0.4 is 15.4 Å². The first-order valence-corrected chi connectivity index (χ1v) is 8.69. The molecule has 0 fully saturated rings. The largest absolute Gasteiger partial charge is 0.494 e. The summed E-state index contributed by atoms with van der Waals surface area (Å²) in [6, 6.07) is 18.1. The highest BCUT2D eigenvalue weighted by molar-refractivity contribution is 7.21. The zero-order chi connectivity index (χ0) is 16.8. The first-order valence-electron chi connectivity index (χ1n) is 7.88. The van der Waals surface area contributed by atoms with Gasteiger partial charge in [-0.2, -0.15) is 0 Å². The molecule has 0 unspecified atom stereocenters. The number of rotatable bonds is 7. The number of methoxy groups -OCH3 is 1. The van der Waals surface area contributed by atoms with E-state index in [0.717, 1.165) is 16.6 Å². The molecule has 3 rings (SSSR count). The van der Waals surface area contributed by atoms with E-state index in [-0.39, 0.29) is 5.91 Å². The Hall–Kier alpha value is -2.37. The summed E-state index contributed by atoms with van der Waals surface area (Å²) in [4.78, 5) is 13.0. The molecule has 24 heavy (non-hydrogen) atoms. The Morgan fingerprint density at radius 2 is 1.79 bits per heavy atom. The number of carbonyl (C=O) groups is 1. The minimum Gasteiger partial charge on any atom is -0.494 e. The lowest BCUT2D eigenvalue weighted by molar-refractivity contribution is 0.0955. The third kappa shape index (κ3) is 3.75. The van der Waals surface area contributed by atoms with Gasteiger partial charge in [0.1, 0.15) is 10.6 Å². The smallest absolute Gasteiger partial charge is 0.265 e. The van der Waals surface area contributed by atoms with Crippen LogP contribution in [0.3, 0.4) is 0 Å². The zero-order valence-electron chi connectivity index (χ0n) is 13.5. The number of nitrogens with one attached hydrogen (secondary N) is 2. The molecule has 0 saturated carbocycles. The molecule has 1 amide bonds. The number of hydrogen-bond acceptors (Lipinski definition) is 4. The van der Waals surface area contributed by atoms with Gasteiger partial charge in [-0.25, -0.2) is 0 Å². The summed E-state index contributed by atoms with van der Waals surface area (Å²) in [5.41, 5.74) is 1.23. The molecule has 0 aliphatic carbocycles. The van der Waals surface area contributed by atoms with Gasteiger partial charge in [-0.05, 0) is 17.7 Å². The number of thiophene rings is 1. The molecule has 124 valence electrons. The average molecular weight is 340 g/mol. The van der Waals surface area contributed by atoms with Crippen LogP contribution in [0.1, 0.15) is 15.2 Å². The van der Waals surface area contributed by atoms with Crippen molar-refractivity contribution in [2.24, 2.45) is 0 Å². The quantitative estimate of drug-likeness (QED) is 0.648. The van der Waals surface area contributed by atoms with Crippen molar-refractivity contribution in [1.29, 1.82) is 0 Å². The summed E-state index contributed by atoms with van der Waals surface area (Å²) in [6.45, 7) is 2.08. The summed E-state index contributed by atoms with van der Waals surface area (Å²) in [5, 5.41) is 7.25. The number of fused-ring (bicyclic) bond motifs is 1. The van der Waals surface area contributed by atoms with E-state index in [0.29, 0.717) is 23.7 Å². The molecule has 0 aliphatic heterocycles. The SMILES string of the molecule is COc1c(C(=O)NCCNCc2ccccc2)sc2ccccc12. The highest BCUT2D eigenvalue weighted by Crippen LogP contribution is 2.37. The van der Waals surface area contributed by atoms with E-state index in [1.165, 1.54) is 16.9 Å². The monoisotopic (exact) mass is 340 g/mol. The summed E-state index contributed by atoms with van der Waals surface area (Å²) in [7, 11) is 1.60. The number of ether oxygens (including phenoxy) is 1. The lowest BCUT2D eigenvalue weighted by atomic mass is 10.2. The van der Waals surface area contributed by atoms with Crippen LogP contribution in [-0.4, -0.2) is 26.1 Å². The zero-order valence-corrected chi connectivity index (χ0v) is 14.4. The predicted octanol–water partition coefficient (Wildman–Crippen LogP) is 3.43. The number of hydrogen-bond donors (Lipinski definition) is 2. The van der Waals surface area contributed by atoms with Crippen molar-refractivity contribution in [3.8, 4) is 5.75 Å². The highest BCUT2D eigenvalue weighted by atomic mass is 32.1. The predicted molar refractivity (Wildman–Crippen MR) is 98.9 cm³/mol. The molecule has 4 nitrogen and oxygen atoms in total. The van der Waals surface area contributed by atoms with Gasteiger partial charge in [0.05, 0.1) is 7.11 Å². The molecule has 1 heterocycles. The summed E-state index contributed by atoms with van der Waals surface area (Å²) >= 11 is 1.46. The third-order valence-electron chi connectivity index (χ3n) is 3.72. The molecule has 0 radical (unpaired) electrons. The van der Waals surface area contributed by atoms with Gasteiger partial charge in [0.25, 0.3) is 5.91 Å². The molecule has 2 N–H and O–H groups in total. The second-order valence-corrected chi connectivity index (χ2v) is 6.43. The maximum atomic E-state index is 12.4. The van der Waals surface area contributed by atoms with E-state index in [1.807, 2.05) is 42.5 Å². The fourth-order valence-electron chi connectivity index (χ4n) is 2.55. The van der Waals surface area contributed by atoms with Gasteiger partial charge >= 0.3 is 0 Å². The van der Waals surface area contributed by atoms with Crippen LogP contribution in [0, 0.1) is 0 Å². The fraction of sp³-hybridized carbons (Fsp3) is 0.211. The van der Waals surface area contributed by atoms with Crippen molar-refractivity contribution in [2.45, 2.75) is 6.54 Å². The Morgan fingerprint density at radius 1 is 1.04 bits per heavy atom. The second-order valence-electron chi connectivity index (χ2n) is 5.38. The standard InChI is InChI=1S/C19H20N2O2S/c1-23-17-15-9-5-6-10-16(15)24-18(17)19(22)21-12-11-20-13-14-7-3-2-4-8-14/h2-10,20H,11-13H2,1H3,(H,21,22). The minimum absolute atomic E-state index is 0.0884. The van der Waals surface area contributed by atoms with E-state index in [9.17, 15) is 4.79 Å². The topological polar surface area (TPSA) is 50.4 Å². The van der Waals surface area contributed by atoms with Crippen LogP contribution in [0.5, 0.6) is 5.75 Å². The fourth-order valence-corrected chi connectivity index (χ4v) is 3.64. The third-order valence-corrected chi connectivity index (χ3v) is 4.87. The molecule has 5 heteroatoms. The Kier molecular flexibility index (Phi) is 5.46. The Bertz CT molecular complexity index is 815. The van der Waals surface area contributed by atoms with Gasteiger partial charge in [0.15, 0.2) is 0 Å². The van der Waals surface area contributed by atoms with E-state index in [1.54, 1.807) is 7.11 Å². The van der Waals surface area contributed by atoms with Crippen molar-refractivity contribution < 1.29 is 9.53 Å². The van der Waals surface area contributed by atoms with Gasteiger partial charge in [0.2, 0.25) is 0 Å². The summed E-state index contributed by atoms with van der Waals surface area (Å²) in [5.74, 6) is 0.569. The van der Waals surface area contributed by atoms with Crippen LogP contribution in [0.25, 0.3) is 10.1 Å². The first-order chi connectivity index (χ1) is 11.8. The molecule has 0 aliphatic rings. The van der Waals surface area contributed by atoms with Crippen LogP contribution >= 0.6 is 11.3 Å².